The summed E-state index contributed by atoms with van der Waals surface area (Å²) in [5, 5.41) is 40.8. The lowest BCUT2D eigenvalue weighted by Gasteiger charge is -2.19. The number of aromatic nitrogens is 4. The van der Waals surface area contributed by atoms with Gasteiger partial charge in [0.25, 0.3) is 0 Å². The molecule has 2 saturated heterocycles. The summed E-state index contributed by atoms with van der Waals surface area (Å²) in [5.74, 6) is 0. The van der Waals surface area contributed by atoms with E-state index in [1.807, 2.05) is 0 Å². The third-order valence-corrected chi connectivity index (χ3v) is 15.2. The molecule has 4 heterocycles. The number of phosphoric ester groups is 2. The van der Waals surface area contributed by atoms with Crippen LogP contribution in [0.1, 0.15) is 29.1 Å². The van der Waals surface area contributed by atoms with Crippen molar-refractivity contribution >= 4 is 83.6 Å². The van der Waals surface area contributed by atoms with Gasteiger partial charge in [-0.2, -0.15) is 17.2 Å². The van der Waals surface area contributed by atoms with Crippen LogP contribution >= 0.6 is 83.6 Å². The summed E-state index contributed by atoms with van der Waals surface area (Å²) in [6, 6.07) is 0. The first-order valence-corrected chi connectivity index (χ1v) is 25.1. The first-order chi connectivity index (χ1) is 28.5. The number of aliphatic hydroxyl groups excluding tert-OH is 4. The molecule has 0 amide bonds. The molecule has 0 spiro atoms. The van der Waals surface area contributed by atoms with Crippen LogP contribution in [0.15, 0.2) is 17.2 Å². The van der Waals surface area contributed by atoms with Gasteiger partial charge in [-0.05, 0) is 26.1 Å². The maximum Gasteiger partial charge on any atom is 0.490 e. The van der Waals surface area contributed by atoms with Gasteiger partial charge in [-0.25, -0.2) is 32.2 Å². The molecule has 12 atom stereocenters. The molecule has 4 rings (SSSR count). The molecule has 6 unspecified atom stereocenters. The van der Waals surface area contributed by atoms with Crippen LogP contribution in [0.3, 0.4) is 0 Å². The molecule has 31 nitrogen and oxygen atoms in total. The van der Waals surface area contributed by atoms with Gasteiger partial charge >= 0.3 is 52.6 Å². The van der Waals surface area contributed by atoms with Gasteiger partial charge < -0.3 is 74.0 Å². The lowest BCUT2D eigenvalue weighted by atomic mass is 10.1. The molecule has 344 valence electrons. The topological polar surface area (TPSA) is 478 Å². The molecular weight excluding hydrogens is 1010 g/mol. The number of aryl methyl sites for hydroxylation is 2. The summed E-state index contributed by atoms with van der Waals surface area (Å²) in [6.45, 7) is -3.95. The van der Waals surface area contributed by atoms with Crippen molar-refractivity contribution in [1.29, 1.82) is 0 Å². The number of hydrogen-bond acceptors (Lipinski definition) is 22. The van der Waals surface area contributed by atoms with Crippen LogP contribution in [0.4, 0.5) is 0 Å². The van der Waals surface area contributed by atoms with Crippen molar-refractivity contribution in [3.05, 3.63) is 48.1 Å². The molecule has 0 saturated carbocycles. The number of nitrogens with zero attached hydrogens (tertiary/aromatic N) is 2. The Kier molecular flexibility index (Phi) is 15.8. The fraction of sp³-hybridized carbons (Fsp3) is 0.600. The molecule has 0 aromatic carbocycles. The summed E-state index contributed by atoms with van der Waals surface area (Å²) in [5.41, 5.74) is -0.103. The number of aliphatic hydroxyl groups is 4. The average molecular weight is 1050 g/mol. The van der Waals surface area contributed by atoms with Crippen molar-refractivity contribution in [2.45, 2.75) is 62.9 Å². The number of H-pyrrole nitrogens is 2. The monoisotopic (exact) mass is 1050 g/mol. The minimum Gasteiger partial charge on any atom is -0.387 e. The fourth-order valence-electron chi connectivity index (χ4n) is 4.35. The van der Waals surface area contributed by atoms with Crippen molar-refractivity contribution in [3.8, 4) is 0 Å². The van der Waals surface area contributed by atoms with E-state index in [2.05, 4.69) is 36.3 Å². The molecule has 2 aliphatic heterocycles. The Morgan fingerprint density at radius 1 is 0.617 bits per heavy atom. The summed E-state index contributed by atoms with van der Waals surface area (Å²) < 4.78 is 133. The minimum absolute atomic E-state index is 0.0545. The second kappa shape index (κ2) is 20.2. The van der Waals surface area contributed by atoms with Crippen molar-refractivity contribution < 1.29 is 128 Å². The molecule has 2 aliphatic rings. The van der Waals surface area contributed by atoms with E-state index in [0.717, 1.165) is 15.3 Å². The maximum absolute atomic E-state index is 12.1. The van der Waals surface area contributed by atoms with E-state index in [1.165, 1.54) is 13.1 Å². The van der Waals surface area contributed by atoms with Crippen LogP contribution in [0.25, 0.3) is 0 Å². The van der Waals surface area contributed by atoms with Crippen LogP contribution in [-0.4, -0.2) is 128 Å². The first kappa shape index (κ1) is 47.2. The zero-order valence-corrected chi connectivity index (χ0v) is 36.9. The highest BCUT2D eigenvalue weighted by Crippen LogP contribution is 2.67. The van der Waals surface area contributed by atoms with Crippen molar-refractivity contribution in [1.82, 2.24) is 19.1 Å². The molecule has 0 bridgehead atoms. The van der Waals surface area contributed by atoms with E-state index < -0.39 is 115 Å². The number of nitrogens with one attached hydrogen (secondary N) is 2. The number of phosphoric acid groups is 6. The van der Waals surface area contributed by atoms with E-state index in [0.29, 0.717) is 11.1 Å². The summed E-state index contributed by atoms with van der Waals surface area (Å²) in [4.78, 5) is 88.3. The first-order valence-electron chi connectivity index (χ1n) is 16.9. The molecular formula is C20H34N4O27P6S3. The van der Waals surface area contributed by atoms with Crippen LogP contribution in [0, 0.1) is 27.9 Å². The highest BCUT2D eigenvalue weighted by atomic mass is 32.1. The summed E-state index contributed by atoms with van der Waals surface area (Å²) in [7, 11) is -35.0. The number of hydrogen-bond donors (Lipinski definition) is 14. The normalized spacial score (nSPS) is 30.2. The van der Waals surface area contributed by atoms with Gasteiger partial charge in [0.05, 0.1) is 18.6 Å². The van der Waals surface area contributed by atoms with E-state index >= 15 is 0 Å². The molecule has 2 aromatic heterocycles. The average Bonchev–Trinajstić information content (AvgIpc) is 3.51. The lowest BCUT2D eigenvalue weighted by molar-refractivity contribution is -0.0542. The highest BCUT2D eigenvalue weighted by molar-refractivity contribution is 7.72. The van der Waals surface area contributed by atoms with Crippen LogP contribution in [0.2, 0.25) is 0 Å². The van der Waals surface area contributed by atoms with E-state index in [9.17, 15) is 62.4 Å². The van der Waals surface area contributed by atoms with E-state index in [1.54, 1.807) is 6.92 Å². The molecule has 40 heteroatoms. The SMILES string of the molecule is [2H]C([2H])(OP(=O)(O)OP(=O)(O)OP(=O)(O)O)[C@@H]1O[C@H](n2cc(C)c(=S)[nH]c2=O)[C@H](O)C1O.[2H]C([2H])(OP(=O)(O)OP(=O)(O)OP(=O)(O)O)[C@@H]1O[C@H](n2cc(C)c(=S)[nH]c2=S)[C@H](O)C1O. The number of aromatic amines is 2. The van der Waals surface area contributed by atoms with Gasteiger partial charge in [-0.3, -0.25) is 23.2 Å². The minimum atomic E-state index is -5.95. The predicted octanol–water partition coefficient (Wildman–Crippen LogP) is -0.277. The highest BCUT2D eigenvalue weighted by Gasteiger charge is 2.48. The van der Waals surface area contributed by atoms with Gasteiger partial charge in [-0.1, -0.05) is 24.4 Å². The smallest absolute Gasteiger partial charge is 0.387 e. The fourth-order valence-corrected chi connectivity index (χ4v) is 10.7. The third kappa shape index (κ3) is 15.7. The Hall–Kier alpha value is -0.800. The van der Waals surface area contributed by atoms with Crippen molar-refractivity contribution in [2.75, 3.05) is 13.1 Å². The Bertz CT molecular complexity index is 2450. The van der Waals surface area contributed by atoms with Gasteiger partial charge in [-0.15, -0.1) is 0 Å². The zero-order chi connectivity index (χ0) is 49.7. The van der Waals surface area contributed by atoms with Crippen LogP contribution in [-0.2, 0) is 63.2 Å². The predicted molar refractivity (Wildman–Crippen MR) is 197 cm³/mol. The largest absolute Gasteiger partial charge is 0.490 e. The Morgan fingerprint density at radius 2 is 0.967 bits per heavy atom. The van der Waals surface area contributed by atoms with Crippen LogP contribution < -0.4 is 5.69 Å². The second-order valence-corrected chi connectivity index (χ2v) is 21.3. The maximum atomic E-state index is 12.1. The van der Waals surface area contributed by atoms with E-state index in [4.69, 9.17) is 81.0 Å². The van der Waals surface area contributed by atoms with Crippen molar-refractivity contribution in [3.63, 3.8) is 0 Å². The van der Waals surface area contributed by atoms with Crippen LogP contribution in [0.5, 0.6) is 0 Å². The molecule has 2 fully saturated rings. The standard InChI is InChI=1S/C10H17N2O14P3S.C10H17N2O13P3S2/c1-4-2-12(10(15)11-8(4)30)9-7(14)6(13)5(24-9)3-23-28(19,20)26-29(21,22)25-27(16,17)18;1-4-2-12(10(30)11-8(4)29)9-7(14)6(13)5(23-9)3-22-27(18,19)25-28(20,21)24-26(15,16)17/h2,5-7,9,13-14H,3H2,1H3,(H,19,20)(H,21,22)(H,11,15,30)(H2,16,17,18);2,5-7,9,13-14H,3H2,1H3,(H,18,19)(H,20,21)(H,11,29,30)(H2,15,16,17)/t2*5-,6?,7+,9-/m00/s1/i2*3D2. The van der Waals surface area contributed by atoms with E-state index in [-0.39, 0.29) is 14.1 Å². The van der Waals surface area contributed by atoms with Gasteiger partial charge in [0.1, 0.15) is 45.9 Å². The number of rotatable bonds is 16. The molecule has 2 aromatic rings. The third-order valence-electron chi connectivity index (χ3n) is 6.72. The lowest BCUT2D eigenvalue weighted by Crippen LogP contribution is -2.36. The molecule has 60 heavy (non-hydrogen) atoms. The molecule has 14 N–H and O–H groups in total. The zero-order valence-electron chi connectivity index (χ0n) is 33.1. The van der Waals surface area contributed by atoms with Gasteiger partial charge in [0.2, 0.25) is 0 Å². The Labute approximate surface area is 354 Å². The summed E-state index contributed by atoms with van der Waals surface area (Å²) >= 11 is 14.9. The van der Waals surface area contributed by atoms with Gasteiger partial charge in [0.15, 0.2) is 17.2 Å². The number of ether oxygens (including phenoxy) is 2. The quantitative estimate of drug-likeness (QED) is 0.0759. The second-order valence-electron chi connectivity index (χ2n) is 11.4. The molecule has 0 aliphatic carbocycles. The molecule has 0 radical (unpaired) electrons. The summed E-state index contributed by atoms with van der Waals surface area (Å²) in [6.07, 6.45) is -13.3. The van der Waals surface area contributed by atoms with Crippen molar-refractivity contribution in [2.24, 2.45) is 0 Å². The Balaban J connectivity index is 0.000000340. The Morgan fingerprint density at radius 3 is 1.35 bits per heavy atom. The van der Waals surface area contributed by atoms with Gasteiger partial charge in [0, 0.05) is 23.5 Å².